The van der Waals surface area contributed by atoms with E-state index in [0.29, 0.717) is 12.1 Å². The highest BCUT2D eigenvalue weighted by molar-refractivity contribution is 5.09. The molecule has 3 heterocycles. The van der Waals surface area contributed by atoms with Gasteiger partial charge >= 0.3 is 0 Å². The Morgan fingerprint density at radius 3 is 3.06 bits per heavy atom. The van der Waals surface area contributed by atoms with Crippen LogP contribution < -0.4 is 5.32 Å². The lowest BCUT2D eigenvalue weighted by molar-refractivity contribution is 0.177. The number of piperidine rings is 1. The van der Waals surface area contributed by atoms with Gasteiger partial charge in [-0.25, -0.2) is 0 Å². The van der Waals surface area contributed by atoms with E-state index in [4.69, 9.17) is 0 Å². The van der Waals surface area contributed by atoms with E-state index in [0.717, 1.165) is 11.7 Å². The fourth-order valence-electron chi connectivity index (χ4n) is 3.48. The zero-order valence-electron chi connectivity index (χ0n) is 11.2. The molecule has 0 aliphatic carbocycles. The van der Waals surface area contributed by atoms with Crippen LogP contribution in [0, 0.1) is 0 Å². The summed E-state index contributed by atoms with van der Waals surface area (Å²) in [6.07, 6.45) is 7.33. The maximum Gasteiger partial charge on any atom is 0.0570 e. The minimum atomic E-state index is 0.359. The van der Waals surface area contributed by atoms with E-state index in [1.807, 2.05) is 12.3 Å². The van der Waals surface area contributed by atoms with Crippen molar-refractivity contribution in [1.29, 1.82) is 0 Å². The van der Waals surface area contributed by atoms with Crippen molar-refractivity contribution in [3.8, 4) is 0 Å². The first-order valence-corrected chi connectivity index (χ1v) is 7.25. The van der Waals surface area contributed by atoms with Crippen LogP contribution in [-0.4, -0.2) is 35.1 Å². The molecule has 98 valence electrons. The molecule has 3 rings (SSSR count). The Hall–Kier alpha value is -0.930. The lowest BCUT2D eigenvalue weighted by Crippen LogP contribution is -2.45. The Kier molecular flexibility index (Phi) is 3.62. The fraction of sp³-hybridized carbons (Fsp3) is 0.667. The molecule has 0 radical (unpaired) electrons. The summed E-state index contributed by atoms with van der Waals surface area (Å²) in [4.78, 5) is 7.12. The molecule has 3 heteroatoms. The molecule has 0 spiro atoms. The highest BCUT2D eigenvalue weighted by atomic mass is 15.2. The first-order valence-electron chi connectivity index (χ1n) is 7.25. The zero-order chi connectivity index (χ0) is 12.4. The van der Waals surface area contributed by atoms with Crippen molar-refractivity contribution in [2.45, 2.75) is 50.7 Å². The summed E-state index contributed by atoms with van der Waals surface area (Å²) < 4.78 is 0. The third kappa shape index (κ3) is 2.43. The molecule has 0 bridgehead atoms. The quantitative estimate of drug-likeness (QED) is 0.886. The van der Waals surface area contributed by atoms with Crippen LogP contribution in [0.1, 0.15) is 44.3 Å². The lowest BCUT2D eigenvalue weighted by Gasteiger charge is -2.33. The molecule has 1 aromatic heterocycles. The molecule has 3 nitrogen and oxygen atoms in total. The number of aromatic nitrogens is 1. The van der Waals surface area contributed by atoms with Crippen molar-refractivity contribution < 1.29 is 0 Å². The first kappa shape index (κ1) is 12.1. The third-order valence-corrected chi connectivity index (χ3v) is 4.45. The van der Waals surface area contributed by atoms with Crippen molar-refractivity contribution >= 4 is 0 Å². The molecule has 0 aromatic carbocycles. The van der Waals surface area contributed by atoms with E-state index in [1.165, 1.54) is 38.8 Å². The summed E-state index contributed by atoms with van der Waals surface area (Å²) in [6.45, 7) is 4.81. The molecular weight excluding hydrogens is 222 g/mol. The predicted octanol–water partition coefficient (Wildman–Crippen LogP) is 2.36. The highest BCUT2D eigenvalue weighted by Gasteiger charge is 2.35. The van der Waals surface area contributed by atoms with Crippen LogP contribution in [0.15, 0.2) is 24.4 Å². The topological polar surface area (TPSA) is 28.2 Å². The fourth-order valence-corrected chi connectivity index (χ4v) is 3.48. The average molecular weight is 245 g/mol. The van der Waals surface area contributed by atoms with Crippen molar-refractivity contribution in [1.82, 2.24) is 15.2 Å². The van der Waals surface area contributed by atoms with Gasteiger partial charge in [-0.2, -0.15) is 0 Å². The van der Waals surface area contributed by atoms with Gasteiger partial charge in [-0.15, -0.1) is 0 Å². The van der Waals surface area contributed by atoms with Crippen LogP contribution >= 0.6 is 0 Å². The third-order valence-electron chi connectivity index (χ3n) is 4.45. The Labute approximate surface area is 110 Å². The molecule has 3 atom stereocenters. The summed E-state index contributed by atoms with van der Waals surface area (Å²) in [5.74, 6) is 0. The van der Waals surface area contributed by atoms with Crippen LogP contribution in [0.5, 0.6) is 0 Å². The molecule has 2 fully saturated rings. The van der Waals surface area contributed by atoms with Gasteiger partial charge in [0, 0.05) is 30.9 Å². The maximum absolute atomic E-state index is 4.45. The van der Waals surface area contributed by atoms with Crippen molar-refractivity contribution in [2.75, 3.05) is 13.1 Å². The van der Waals surface area contributed by atoms with Gasteiger partial charge in [-0.05, 0) is 44.9 Å². The number of fused-ring (bicyclic) bond motifs is 1. The van der Waals surface area contributed by atoms with Crippen molar-refractivity contribution in [2.24, 2.45) is 0 Å². The van der Waals surface area contributed by atoms with Crippen LogP contribution in [0.4, 0.5) is 0 Å². The van der Waals surface area contributed by atoms with E-state index in [2.05, 4.69) is 34.3 Å². The molecule has 1 aromatic rings. The van der Waals surface area contributed by atoms with Crippen molar-refractivity contribution in [3.05, 3.63) is 30.1 Å². The number of nitrogens with one attached hydrogen (secondary N) is 1. The molecule has 2 aliphatic rings. The van der Waals surface area contributed by atoms with Gasteiger partial charge in [-0.1, -0.05) is 12.5 Å². The highest BCUT2D eigenvalue weighted by Crippen LogP contribution is 2.28. The van der Waals surface area contributed by atoms with Crippen LogP contribution in [0.25, 0.3) is 0 Å². The molecule has 0 amide bonds. The second kappa shape index (κ2) is 5.37. The van der Waals surface area contributed by atoms with Gasteiger partial charge < -0.3 is 5.32 Å². The monoisotopic (exact) mass is 245 g/mol. The van der Waals surface area contributed by atoms with Crippen molar-refractivity contribution in [3.63, 3.8) is 0 Å². The molecule has 0 saturated carbocycles. The number of pyridine rings is 1. The summed E-state index contributed by atoms with van der Waals surface area (Å²) in [5, 5.41) is 3.79. The molecule has 2 unspecified atom stereocenters. The Morgan fingerprint density at radius 2 is 2.22 bits per heavy atom. The Balaban J connectivity index is 1.63. The molecule has 18 heavy (non-hydrogen) atoms. The average Bonchev–Trinajstić information content (AvgIpc) is 2.83. The van der Waals surface area contributed by atoms with Crippen LogP contribution in [-0.2, 0) is 0 Å². The van der Waals surface area contributed by atoms with Gasteiger partial charge in [0.2, 0.25) is 0 Å². The molecule has 1 N–H and O–H groups in total. The largest absolute Gasteiger partial charge is 0.304 e. The second-order valence-electron chi connectivity index (χ2n) is 5.64. The minimum absolute atomic E-state index is 0.359. The number of hydrogen-bond acceptors (Lipinski definition) is 3. The number of nitrogens with zero attached hydrogens (tertiary/aromatic N) is 2. The van der Waals surface area contributed by atoms with Gasteiger partial charge in [0.15, 0.2) is 0 Å². The van der Waals surface area contributed by atoms with E-state index in [9.17, 15) is 0 Å². The van der Waals surface area contributed by atoms with Gasteiger partial charge in [0.1, 0.15) is 0 Å². The van der Waals surface area contributed by atoms with Gasteiger partial charge in [0.25, 0.3) is 0 Å². The SMILES string of the molecule is C[C@H](NC1CCN2CCCCC12)c1ccccn1. The Bertz CT molecular complexity index is 379. The van der Waals surface area contributed by atoms with E-state index in [1.54, 1.807) is 0 Å². The van der Waals surface area contributed by atoms with Gasteiger partial charge in [-0.3, -0.25) is 9.88 Å². The summed E-state index contributed by atoms with van der Waals surface area (Å²) in [5.41, 5.74) is 1.16. The summed E-state index contributed by atoms with van der Waals surface area (Å²) >= 11 is 0. The Morgan fingerprint density at radius 1 is 1.28 bits per heavy atom. The lowest BCUT2D eigenvalue weighted by atomic mass is 9.98. The molecule has 2 aliphatic heterocycles. The van der Waals surface area contributed by atoms with Crippen LogP contribution in [0.2, 0.25) is 0 Å². The van der Waals surface area contributed by atoms with E-state index < -0.39 is 0 Å². The standard InChI is InChI=1S/C15H23N3/c1-12(13-6-2-4-9-16-13)17-14-8-11-18-10-5-3-7-15(14)18/h2,4,6,9,12,14-15,17H,3,5,7-8,10-11H2,1H3/t12-,14?,15?/m0/s1. The normalized spacial score (nSPS) is 30.1. The molecule has 2 saturated heterocycles. The smallest absolute Gasteiger partial charge is 0.0570 e. The summed E-state index contributed by atoms with van der Waals surface area (Å²) in [7, 11) is 0. The first-order chi connectivity index (χ1) is 8.84. The predicted molar refractivity (Wildman–Crippen MR) is 73.4 cm³/mol. The zero-order valence-corrected chi connectivity index (χ0v) is 11.2. The maximum atomic E-state index is 4.45. The van der Waals surface area contributed by atoms with E-state index in [-0.39, 0.29) is 0 Å². The molecular formula is C15H23N3. The minimum Gasteiger partial charge on any atom is -0.304 e. The van der Waals surface area contributed by atoms with E-state index >= 15 is 0 Å². The number of rotatable bonds is 3. The second-order valence-corrected chi connectivity index (χ2v) is 5.64. The summed E-state index contributed by atoms with van der Waals surface area (Å²) in [6, 6.07) is 7.95. The number of hydrogen-bond donors (Lipinski definition) is 1. The van der Waals surface area contributed by atoms with Gasteiger partial charge in [0.05, 0.1) is 5.69 Å². The van der Waals surface area contributed by atoms with Crippen LogP contribution in [0.3, 0.4) is 0 Å².